The van der Waals surface area contributed by atoms with Crippen LogP contribution in [0.2, 0.25) is 0 Å². The summed E-state index contributed by atoms with van der Waals surface area (Å²) in [4.78, 5) is 33.6. The van der Waals surface area contributed by atoms with Crippen LogP contribution in [0.5, 0.6) is 5.75 Å². The van der Waals surface area contributed by atoms with E-state index in [-0.39, 0.29) is 11.6 Å². The lowest BCUT2D eigenvalue weighted by Gasteiger charge is -2.30. The molecule has 0 aliphatic heterocycles. The Hall–Kier alpha value is -4.13. The third-order valence-electron chi connectivity index (χ3n) is 6.34. The van der Waals surface area contributed by atoms with Crippen molar-refractivity contribution in [1.29, 1.82) is 0 Å². The van der Waals surface area contributed by atoms with Crippen molar-refractivity contribution in [1.82, 2.24) is 14.5 Å². The smallest absolute Gasteiger partial charge is 0.322 e. The Morgan fingerprint density at radius 3 is 2.49 bits per heavy atom. The number of urea groups is 1. The predicted octanol–water partition coefficient (Wildman–Crippen LogP) is 5.63. The maximum Gasteiger partial charge on any atom is 0.322 e. The molecule has 7 heteroatoms. The zero-order chi connectivity index (χ0) is 25.1. The third-order valence-corrected chi connectivity index (χ3v) is 6.34. The summed E-state index contributed by atoms with van der Waals surface area (Å²) in [5, 5.41) is 3.47. The van der Waals surface area contributed by atoms with Crippen LogP contribution in [0.4, 0.5) is 10.5 Å². The van der Waals surface area contributed by atoms with Crippen LogP contribution in [0.1, 0.15) is 36.8 Å². The molecule has 0 aliphatic carbocycles. The highest BCUT2D eigenvalue weighted by Gasteiger charge is 2.26. The largest absolute Gasteiger partial charge is 0.495 e. The topological polar surface area (TPSA) is 76.5 Å². The molecular formula is C28H30N4O3. The first kappa shape index (κ1) is 24.0. The van der Waals surface area contributed by atoms with Gasteiger partial charge in [0.05, 0.1) is 35.4 Å². The Balaban J connectivity index is 1.83. The van der Waals surface area contributed by atoms with Crippen LogP contribution in [-0.4, -0.2) is 34.1 Å². The van der Waals surface area contributed by atoms with E-state index in [2.05, 4.69) is 5.32 Å². The summed E-state index contributed by atoms with van der Waals surface area (Å²) in [7, 11) is 1.56. The standard InChI is InChI=1S/C28H30N4O3/c1-6-31(28(34)30-24-13-9-10-14-25(24)35-5)20(4)26-29-23-12-8-7-11-22(23)27(33)32(26)21-16-15-18(2)19(3)17-21/h7-17,20H,6H2,1-5H3,(H,30,34). The molecule has 2 amide bonds. The molecule has 180 valence electrons. The van der Waals surface area contributed by atoms with Crippen LogP contribution in [0.15, 0.2) is 71.5 Å². The van der Waals surface area contributed by atoms with Gasteiger partial charge in [-0.05, 0) is 75.2 Å². The summed E-state index contributed by atoms with van der Waals surface area (Å²) in [5.74, 6) is 1.06. The first-order valence-corrected chi connectivity index (χ1v) is 11.7. The average Bonchev–Trinajstić information content (AvgIpc) is 2.86. The molecule has 1 aromatic heterocycles. The molecule has 0 fully saturated rings. The summed E-state index contributed by atoms with van der Waals surface area (Å²) in [6.07, 6.45) is 0. The minimum atomic E-state index is -0.492. The number of carbonyl (C=O) groups excluding carboxylic acids is 1. The summed E-state index contributed by atoms with van der Waals surface area (Å²) in [5.41, 5.74) is 3.93. The van der Waals surface area contributed by atoms with Crippen LogP contribution in [0, 0.1) is 13.8 Å². The highest BCUT2D eigenvalue weighted by atomic mass is 16.5. The highest BCUT2D eigenvalue weighted by Crippen LogP contribution is 2.27. The van der Waals surface area contributed by atoms with E-state index in [1.807, 2.05) is 76.2 Å². The van der Waals surface area contributed by atoms with Crippen LogP contribution >= 0.6 is 0 Å². The summed E-state index contributed by atoms with van der Waals surface area (Å²) in [6, 6.07) is 19.6. The van der Waals surface area contributed by atoms with E-state index in [0.29, 0.717) is 34.7 Å². The monoisotopic (exact) mass is 470 g/mol. The molecular weight excluding hydrogens is 440 g/mol. The average molecular weight is 471 g/mol. The first-order valence-electron chi connectivity index (χ1n) is 11.7. The minimum Gasteiger partial charge on any atom is -0.495 e. The number of hydrogen-bond donors (Lipinski definition) is 1. The van der Waals surface area contributed by atoms with Gasteiger partial charge >= 0.3 is 6.03 Å². The predicted molar refractivity (Wildman–Crippen MR) is 140 cm³/mol. The number of rotatable bonds is 6. The second-order valence-corrected chi connectivity index (χ2v) is 8.49. The molecule has 7 nitrogen and oxygen atoms in total. The number of aromatic nitrogens is 2. The molecule has 1 heterocycles. The number of anilines is 1. The minimum absolute atomic E-state index is 0.165. The molecule has 0 radical (unpaired) electrons. The van der Waals surface area contributed by atoms with Gasteiger partial charge in [0, 0.05) is 6.54 Å². The van der Waals surface area contributed by atoms with Gasteiger partial charge < -0.3 is 15.0 Å². The molecule has 1 unspecified atom stereocenters. The van der Waals surface area contributed by atoms with Crippen LogP contribution in [-0.2, 0) is 0 Å². The maximum absolute atomic E-state index is 13.7. The molecule has 1 atom stereocenters. The summed E-state index contributed by atoms with van der Waals surface area (Å²) < 4.78 is 7.00. The first-order chi connectivity index (χ1) is 16.8. The lowest BCUT2D eigenvalue weighted by Crippen LogP contribution is -2.39. The molecule has 35 heavy (non-hydrogen) atoms. The van der Waals surface area contributed by atoms with E-state index in [1.54, 1.807) is 34.8 Å². The Kier molecular flexibility index (Phi) is 6.87. The van der Waals surface area contributed by atoms with E-state index in [4.69, 9.17) is 9.72 Å². The van der Waals surface area contributed by atoms with Gasteiger partial charge in [0.2, 0.25) is 0 Å². The van der Waals surface area contributed by atoms with Crippen LogP contribution in [0.3, 0.4) is 0 Å². The van der Waals surface area contributed by atoms with Gasteiger partial charge in [-0.25, -0.2) is 9.78 Å². The molecule has 4 rings (SSSR count). The van der Waals surface area contributed by atoms with Gasteiger partial charge in [0.1, 0.15) is 11.6 Å². The molecule has 0 saturated carbocycles. The van der Waals surface area contributed by atoms with Crippen molar-refractivity contribution in [3.8, 4) is 11.4 Å². The van der Waals surface area contributed by atoms with E-state index in [9.17, 15) is 9.59 Å². The quantitative estimate of drug-likeness (QED) is 0.396. The fourth-order valence-electron chi connectivity index (χ4n) is 4.21. The fourth-order valence-corrected chi connectivity index (χ4v) is 4.21. The summed E-state index contributed by atoms with van der Waals surface area (Å²) >= 11 is 0. The Morgan fingerprint density at radius 1 is 1.06 bits per heavy atom. The van der Waals surface area contributed by atoms with Crippen molar-refractivity contribution < 1.29 is 9.53 Å². The molecule has 0 spiro atoms. The molecule has 0 saturated heterocycles. The number of para-hydroxylation sites is 3. The molecule has 3 aromatic carbocycles. The van der Waals surface area contributed by atoms with E-state index >= 15 is 0 Å². The fraction of sp³-hybridized carbons (Fsp3) is 0.250. The molecule has 0 bridgehead atoms. The summed E-state index contributed by atoms with van der Waals surface area (Å²) in [6.45, 7) is 8.25. The van der Waals surface area contributed by atoms with Gasteiger partial charge in [0.15, 0.2) is 0 Å². The number of carbonyl (C=O) groups is 1. The molecule has 0 aliphatic rings. The number of aryl methyl sites for hydroxylation is 2. The zero-order valence-corrected chi connectivity index (χ0v) is 20.7. The number of nitrogens with zero attached hydrogens (tertiary/aromatic N) is 3. The van der Waals surface area contributed by atoms with Crippen molar-refractivity contribution in [2.75, 3.05) is 19.0 Å². The van der Waals surface area contributed by atoms with E-state index in [1.165, 1.54) is 0 Å². The number of benzene rings is 3. The van der Waals surface area contributed by atoms with E-state index in [0.717, 1.165) is 16.8 Å². The van der Waals surface area contributed by atoms with Gasteiger partial charge in [-0.2, -0.15) is 0 Å². The Bertz CT molecular complexity index is 1440. The number of amides is 2. The number of fused-ring (bicyclic) bond motifs is 1. The van der Waals surface area contributed by atoms with E-state index < -0.39 is 6.04 Å². The highest BCUT2D eigenvalue weighted by molar-refractivity contribution is 5.91. The molecule has 1 N–H and O–H groups in total. The molecule has 4 aromatic rings. The van der Waals surface area contributed by atoms with Crippen molar-refractivity contribution in [3.05, 3.63) is 94.0 Å². The van der Waals surface area contributed by atoms with Gasteiger partial charge in [0.25, 0.3) is 5.56 Å². The van der Waals surface area contributed by atoms with Crippen LogP contribution < -0.4 is 15.6 Å². The van der Waals surface area contributed by atoms with Crippen molar-refractivity contribution in [2.24, 2.45) is 0 Å². The maximum atomic E-state index is 13.7. The Labute approximate surface area is 205 Å². The SMILES string of the molecule is CCN(C(=O)Nc1ccccc1OC)C(C)c1nc2ccccc2c(=O)n1-c1ccc(C)c(C)c1. The lowest BCUT2D eigenvalue weighted by atomic mass is 10.1. The number of ether oxygens (including phenoxy) is 1. The zero-order valence-electron chi connectivity index (χ0n) is 20.7. The van der Waals surface area contributed by atoms with Crippen LogP contribution in [0.25, 0.3) is 16.6 Å². The normalized spacial score (nSPS) is 11.8. The number of nitrogens with one attached hydrogen (secondary N) is 1. The second-order valence-electron chi connectivity index (χ2n) is 8.49. The van der Waals surface area contributed by atoms with Crippen molar-refractivity contribution >= 4 is 22.6 Å². The van der Waals surface area contributed by atoms with Gasteiger partial charge in [-0.1, -0.05) is 30.3 Å². The second kappa shape index (κ2) is 10.0. The number of methoxy groups -OCH3 is 1. The number of hydrogen-bond acceptors (Lipinski definition) is 4. The van der Waals surface area contributed by atoms with Crippen molar-refractivity contribution in [2.45, 2.75) is 33.7 Å². The lowest BCUT2D eigenvalue weighted by molar-refractivity contribution is 0.193. The van der Waals surface area contributed by atoms with Gasteiger partial charge in [-0.3, -0.25) is 9.36 Å². The Morgan fingerprint density at radius 2 is 1.77 bits per heavy atom. The van der Waals surface area contributed by atoms with Crippen molar-refractivity contribution in [3.63, 3.8) is 0 Å². The van der Waals surface area contributed by atoms with Gasteiger partial charge in [-0.15, -0.1) is 0 Å². The third kappa shape index (κ3) is 4.62.